The van der Waals surface area contributed by atoms with E-state index in [0.29, 0.717) is 12.5 Å². The number of esters is 1. The van der Waals surface area contributed by atoms with Gasteiger partial charge in [0, 0.05) is 4.47 Å². The van der Waals surface area contributed by atoms with Crippen molar-refractivity contribution in [3.05, 3.63) is 69.8 Å². The van der Waals surface area contributed by atoms with Gasteiger partial charge in [0.15, 0.2) is 5.70 Å². The zero-order valence-electron chi connectivity index (χ0n) is 13.9. The maximum Gasteiger partial charge on any atom is 0.363 e. The molecule has 1 heterocycles. The van der Waals surface area contributed by atoms with Crippen LogP contribution in [0.4, 0.5) is 0 Å². The average molecular weight is 400 g/mol. The van der Waals surface area contributed by atoms with E-state index >= 15 is 0 Å². The Morgan fingerprint density at radius 1 is 1.16 bits per heavy atom. The Morgan fingerprint density at radius 3 is 2.64 bits per heavy atom. The molecule has 128 valence electrons. The number of carbonyl (C=O) groups is 1. The van der Waals surface area contributed by atoms with Gasteiger partial charge in [0.1, 0.15) is 5.75 Å². The lowest BCUT2D eigenvalue weighted by atomic mass is 10.2. The second-order valence-corrected chi connectivity index (χ2v) is 6.44. The van der Waals surface area contributed by atoms with Crippen molar-refractivity contribution in [3.8, 4) is 5.75 Å². The molecule has 0 amide bonds. The topological polar surface area (TPSA) is 47.9 Å². The van der Waals surface area contributed by atoms with Crippen LogP contribution < -0.4 is 4.74 Å². The fourth-order valence-corrected chi connectivity index (χ4v) is 2.77. The van der Waals surface area contributed by atoms with Gasteiger partial charge in [-0.05, 0) is 58.3 Å². The molecule has 0 aromatic heterocycles. The van der Waals surface area contributed by atoms with E-state index in [4.69, 9.17) is 9.47 Å². The van der Waals surface area contributed by atoms with Gasteiger partial charge in [0.05, 0.1) is 12.2 Å². The van der Waals surface area contributed by atoms with Crippen molar-refractivity contribution in [2.45, 2.75) is 19.8 Å². The lowest BCUT2D eigenvalue weighted by Crippen LogP contribution is -2.05. The lowest BCUT2D eigenvalue weighted by molar-refractivity contribution is -0.129. The van der Waals surface area contributed by atoms with Crippen LogP contribution >= 0.6 is 15.9 Å². The molecule has 2 aromatic carbocycles. The number of nitrogens with zero attached hydrogens (tertiary/aromatic N) is 1. The maximum absolute atomic E-state index is 12.1. The lowest BCUT2D eigenvalue weighted by Gasteiger charge is -2.05. The van der Waals surface area contributed by atoms with Crippen molar-refractivity contribution in [2.24, 2.45) is 4.99 Å². The normalized spacial score (nSPS) is 15.2. The van der Waals surface area contributed by atoms with Crippen molar-refractivity contribution in [3.63, 3.8) is 0 Å². The van der Waals surface area contributed by atoms with Gasteiger partial charge in [0.25, 0.3) is 0 Å². The Kier molecular flexibility index (Phi) is 5.66. The van der Waals surface area contributed by atoms with Gasteiger partial charge in [-0.15, -0.1) is 0 Å². The molecule has 3 rings (SSSR count). The first-order valence-corrected chi connectivity index (χ1v) is 8.97. The largest absolute Gasteiger partial charge is 0.494 e. The highest BCUT2D eigenvalue weighted by atomic mass is 79.9. The van der Waals surface area contributed by atoms with E-state index in [1.165, 1.54) is 0 Å². The number of ether oxygens (including phenoxy) is 2. The predicted octanol–water partition coefficient (Wildman–Crippen LogP) is 4.97. The molecule has 0 saturated heterocycles. The van der Waals surface area contributed by atoms with E-state index < -0.39 is 5.97 Å². The number of hydrogen-bond acceptors (Lipinski definition) is 4. The summed E-state index contributed by atoms with van der Waals surface area (Å²) in [4.78, 5) is 16.4. The first-order chi connectivity index (χ1) is 12.2. The standard InChI is InChI=1S/C20H18BrNO3/c1-2-3-12-24-15-10-8-14(9-11-15)13-18-20(23)25-19(22-18)16-6-4-5-7-17(16)21/h4-11,13H,2-3,12H2,1H3/b18-13+. The summed E-state index contributed by atoms with van der Waals surface area (Å²) in [6.07, 6.45) is 3.84. The molecule has 0 bridgehead atoms. The number of halogens is 1. The summed E-state index contributed by atoms with van der Waals surface area (Å²) < 4.78 is 11.8. The molecule has 4 nitrogen and oxygen atoms in total. The monoisotopic (exact) mass is 399 g/mol. The third-order valence-electron chi connectivity index (χ3n) is 3.67. The highest BCUT2D eigenvalue weighted by Gasteiger charge is 2.25. The second kappa shape index (κ2) is 8.12. The molecule has 0 aliphatic carbocycles. The van der Waals surface area contributed by atoms with Gasteiger partial charge in [-0.1, -0.05) is 37.6 Å². The summed E-state index contributed by atoms with van der Waals surface area (Å²) in [6, 6.07) is 15.1. The first kappa shape index (κ1) is 17.4. The minimum Gasteiger partial charge on any atom is -0.494 e. The zero-order valence-corrected chi connectivity index (χ0v) is 15.5. The van der Waals surface area contributed by atoms with E-state index in [9.17, 15) is 4.79 Å². The fraction of sp³-hybridized carbons (Fsp3) is 0.200. The van der Waals surface area contributed by atoms with Crippen LogP contribution in [0.5, 0.6) is 5.75 Å². The highest BCUT2D eigenvalue weighted by molar-refractivity contribution is 9.10. The van der Waals surface area contributed by atoms with Crippen LogP contribution in [0.15, 0.2) is 63.7 Å². The number of unbranched alkanes of at least 4 members (excludes halogenated alkanes) is 1. The van der Waals surface area contributed by atoms with Crippen LogP contribution in [0.1, 0.15) is 30.9 Å². The SMILES string of the molecule is CCCCOc1ccc(/C=C2/N=C(c3ccccc3Br)OC2=O)cc1. The van der Waals surface area contributed by atoms with Gasteiger partial charge in [-0.2, -0.15) is 0 Å². The molecule has 0 radical (unpaired) electrons. The number of rotatable bonds is 6. The highest BCUT2D eigenvalue weighted by Crippen LogP contribution is 2.24. The summed E-state index contributed by atoms with van der Waals surface area (Å²) >= 11 is 3.44. The van der Waals surface area contributed by atoms with E-state index in [1.54, 1.807) is 6.08 Å². The molecular weight excluding hydrogens is 382 g/mol. The maximum atomic E-state index is 12.1. The molecule has 0 fully saturated rings. The van der Waals surface area contributed by atoms with Crippen LogP contribution in [0.2, 0.25) is 0 Å². The van der Waals surface area contributed by atoms with Gasteiger partial charge >= 0.3 is 5.97 Å². The summed E-state index contributed by atoms with van der Waals surface area (Å²) in [5.41, 5.74) is 1.90. The molecule has 25 heavy (non-hydrogen) atoms. The van der Waals surface area contributed by atoms with Gasteiger partial charge in [-0.25, -0.2) is 9.79 Å². The second-order valence-electron chi connectivity index (χ2n) is 5.59. The minimum atomic E-state index is -0.450. The van der Waals surface area contributed by atoms with Crippen molar-refractivity contribution >= 4 is 33.9 Å². The summed E-state index contributed by atoms with van der Waals surface area (Å²) in [6.45, 7) is 2.84. The summed E-state index contributed by atoms with van der Waals surface area (Å²) in [7, 11) is 0. The average Bonchev–Trinajstić information content (AvgIpc) is 2.97. The van der Waals surface area contributed by atoms with Crippen LogP contribution in [-0.2, 0) is 9.53 Å². The molecule has 0 N–H and O–H groups in total. The number of hydrogen-bond donors (Lipinski definition) is 0. The summed E-state index contributed by atoms with van der Waals surface area (Å²) in [5.74, 6) is 0.680. The number of cyclic esters (lactones) is 1. The minimum absolute atomic E-state index is 0.283. The Labute approximate surface area is 155 Å². The Balaban J connectivity index is 1.77. The van der Waals surface area contributed by atoms with Crippen molar-refractivity contribution in [2.75, 3.05) is 6.61 Å². The number of carbonyl (C=O) groups excluding carboxylic acids is 1. The van der Waals surface area contributed by atoms with Gasteiger partial charge in [0.2, 0.25) is 5.90 Å². The van der Waals surface area contributed by atoms with Crippen LogP contribution in [0.3, 0.4) is 0 Å². The summed E-state index contributed by atoms with van der Waals surface area (Å²) in [5, 5.41) is 0. The van der Waals surface area contributed by atoms with E-state index in [2.05, 4.69) is 27.8 Å². The molecule has 0 spiro atoms. The smallest absolute Gasteiger partial charge is 0.363 e. The number of benzene rings is 2. The van der Waals surface area contributed by atoms with E-state index in [0.717, 1.165) is 34.2 Å². The quantitative estimate of drug-likeness (QED) is 0.391. The van der Waals surface area contributed by atoms with E-state index in [-0.39, 0.29) is 5.70 Å². The first-order valence-electron chi connectivity index (χ1n) is 8.17. The van der Waals surface area contributed by atoms with E-state index in [1.807, 2.05) is 48.5 Å². The molecule has 1 aliphatic rings. The predicted molar refractivity (Wildman–Crippen MR) is 102 cm³/mol. The molecule has 2 aromatic rings. The van der Waals surface area contributed by atoms with Crippen LogP contribution in [0, 0.1) is 0 Å². The third kappa shape index (κ3) is 4.37. The van der Waals surface area contributed by atoms with Crippen LogP contribution in [0.25, 0.3) is 6.08 Å². The van der Waals surface area contributed by atoms with Crippen molar-refractivity contribution in [1.29, 1.82) is 0 Å². The molecule has 5 heteroatoms. The number of aliphatic imine (C=N–C) groups is 1. The molecule has 1 aliphatic heterocycles. The van der Waals surface area contributed by atoms with Crippen molar-refractivity contribution in [1.82, 2.24) is 0 Å². The van der Waals surface area contributed by atoms with Crippen LogP contribution in [-0.4, -0.2) is 18.5 Å². The molecule has 0 atom stereocenters. The van der Waals surface area contributed by atoms with Gasteiger partial charge < -0.3 is 9.47 Å². The Hall–Kier alpha value is -2.40. The van der Waals surface area contributed by atoms with Gasteiger partial charge in [-0.3, -0.25) is 0 Å². The molecule has 0 unspecified atom stereocenters. The molecule has 0 saturated carbocycles. The fourth-order valence-electron chi connectivity index (χ4n) is 2.31. The Bertz CT molecular complexity index is 825. The zero-order chi connectivity index (χ0) is 17.6. The molecular formula is C20H18BrNO3. The Morgan fingerprint density at radius 2 is 1.92 bits per heavy atom. The van der Waals surface area contributed by atoms with Crippen molar-refractivity contribution < 1.29 is 14.3 Å². The third-order valence-corrected chi connectivity index (χ3v) is 4.37.